The Labute approximate surface area is 261 Å². The van der Waals surface area contributed by atoms with Crippen molar-refractivity contribution in [3.05, 3.63) is 23.8 Å². The summed E-state index contributed by atoms with van der Waals surface area (Å²) in [7, 11) is 1.79. The van der Waals surface area contributed by atoms with Crippen LogP contribution in [0.2, 0.25) is 0 Å². The average molecular weight is 605 g/mol. The number of amides is 2. The molecule has 246 valence electrons. The highest BCUT2D eigenvalue weighted by Crippen LogP contribution is 2.47. The van der Waals surface area contributed by atoms with E-state index in [2.05, 4.69) is 65.1 Å². The van der Waals surface area contributed by atoms with Gasteiger partial charge in [-0.05, 0) is 89.0 Å². The molecule has 3 rings (SSSR count). The number of carbonyl (C=O) groups is 2. The largest absolute Gasteiger partial charge is 0.449 e. The zero-order valence-electron chi connectivity index (χ0n) is 28.1. The van der Waals surface area contributed by atoms with Crippen molar-refractivity contribution in [1.82, 2.24) is 10.2 Å². The minimum absolute atomic E-state index is 0.0336. The first-order valence-corrected chi connectivity index (χ1v) is 17.0. The number of allylic oxidation sites excluding steroid dienone is 3. The third-order valence-electron chi connectivity index (χ3n) is 9.65. The Hall–Kier alpha value is -1.90. The summed E-state index contributed by atoms with van der Waals surface area (Å²) >= 11 is 0. The van der Waals surface area contributed by atoms with E-state index in [1.165, 1.54) is 5.57 Å². The van der Waals surface area contributed by atoms with E-state index in [1.807, 2.05) is 0 Å². The Morgan fingerprint density at radius 2 is 1.88 bits per heavy atom. The van der Waals surface area contributed by atoms with E-state index in [-0.39, 0.29) is 42.0 Å². The first kappa shape index (κ1) is 35.6. The van der Waals surface area contributed by atoms with Crippen LogP contribution in [-0.2, 0) is 23.7 Å². The summed E-state index contributed by atoms with van der Waals surface area (Å²) in [5.74, 6) is 1.31. The van der Waals surface area contributed by atoms with Gasteiger partial charge in [0.2, 0.25) is 5.91 Å². The summed E-state index contributed by atoms with van der Waals surface area (Å²) in [4.78, 5) is 26.1. The van der Waals surface area contributed by atoms with Gasteiger partial charge in [-0.3, -0.25) is 4.79 Å². The lowest BCUT2D eigenvalue weighted by molar-refractivity contribution is -0.123. The van der Waals surface area contributed by atoms with Crippen LogP contribution in [0.25, 0.3) is 0 Å². The molecule has 0 spiro atoms. The molecular formula is C35H60N2O6. The maximum Gasteiger partial charge on any atom is 0.409 e. The number of methoxy groups -OCH3 is 1. The van der Waals surface area contributed by atoms with Gasteiger partial charge >= 0.3 is 6.09 Å². The number of hydrogen-bond donors (Lipinski definition) is 1. The van der Waals surface area contributed by atoms with Gasteiger partial charge in [0.1, 0.15) is 0 Å². The first-order valence-electron chi connectivity index (χ1n) is 17.0. The second-order valence-electron chi connectivity index (χ2n) is 13.5. The number of carbonyl (C=O) groups excluding carboxylic acids is 2. The van der Waals surface area contributed by atoms with Crippen molar-refractivity contribution in [3.63, 3.8) is 0 Å². The van der Waals surface area contributed by atoms with Crippen LogP contribution >= 0.6 is 0 Å². The summed E-state index contributed by atoms with van der Waals surface area (Å²) in [6.07, 6.45) is 16.1. The summed E-state index contributed by atoms with van der Waals surface area (Å²) in [6, 6.07) is 0. The van der Waals surface area contributed by atoms with Gasteiger partial charge in [-0.15, -0.1) is 0 Å². The van der Waals surface area contributed by atoms with E-state index in [0.29, 0.717) is 37.3 Å². The number of nitrogens with zero attached hydrogens (tertiary/aromatic N) is 1. The average Bonchev–Trinajstić information content (AvgIpc) is 3.35. The predicted molar refractivity (Wildman–Crippen MR) is 171 cm³/mol. The SMILES string of the molecule is CC[C@H](OC)[C@@H](C)[C@H]1O[C@]1(C)C[C@H](C)/C=C/C=C(\C)[C@H]1O[C@@H](CNC(=O)CCCCCOC(=O)N2CCCC2)CC[C@@H]1C. The van der Waals surface area contributed by atoms with Gasteiger partial charge in [-0.25, -0.2) is 4.79 Å². The summed E-state index contributed by atoms with van der Waals surface area (Å²) in [5, 5.41) is 3.08. The molecular weight excluding hydrogens is 544 g/mol. The zero-order valence-corrected chi connectivity index (χ0v) is 28.1. The highest BCUT2D eigenvalue weighted by Gasteiger charge is 2.56. The molecule has 8 atom stereocenters. The van der Waals surface area contributed by atoms with Crippen LogP contribution in [0.15, 0.2) is 23.8 Å². The monoisotopic (exact) mass is 604 g/mol. The molecule has 3 aliphatic heterocycles. The van der Waals surface area contributed by atoms with Crippen molar-refractivity contribution < 1.29 is 28.5 Å². The fraction of sp³-hybridized carbons (Fsp3) is 0.829. The molecule has 8 heteroatoms. The molecule has 3 aliphatic rings. The molecule has 0 radical (unpaired) electrons. The van der Waals surface area contributed by atoms with E-state index in [1.54, 1.807) is 12.0 Å². The lowest BCUT2D eigenvalue weighted by atomic mass is 9.86. The molecule has 2 amide bonds. The Kier molecular flexibility index (Phi) is 14.5. The first-order chi connectivity index (χ1) is 20.6. The number of ether oxygens (including phenoxy) is 4. The van der Waals surface area contributed by atoms with Gasteiger partial charge in [-0.2, -0.15) is 0 Å². The third-order valence-corrected chi connectivity index (χ3v) is 9.65. The number of hydrogen-bond acceptors (Lipinski definition) is 6. The van der Waals surface area contributed by atoms with E-state index < -0.39 is 0 Å². The second-order valence-corrected chi connectivity index (χ2v) is 13.5. The van der Waals surface area contributed by atoms with Crippen molar-refractivity contribution in [3.8, 4) is 0 Å². The lowest BCUT2D eigenvalue weighted by Gasteiger charge is -2.35. The van der Waals surface area contributed by atoms with Crippen molar-refractivity contribution in [2.45, 2.75) is 136 Å². The van der Waals surface area contributed by atoms with Crippen LogP contribution in [0, 0.1) is 17.8 Å². The van der Waals surface area contributed by atoms with E-state index in [4.69, 9.17) is 18.9 Å². The Morgan fingerprint density at radius 3 is 2.58 bits per heavy atom. The van der Waals surface area contributed by atoms with Gasteiger partial charge in [-0.1, -0.05) is 45.9 Å². The number of likely N-dealkylation sites (tertiary alicyclic amines) is 1. The molecule has 0 aromatic heterocycles. The molecule has 0 aromatic carbocycles. The van der Waals surface area contributed by atoms with Gasteiger partial charge < -0.3 is 29.2 Å². The molecule has 0 saturated carbocycles. The lowest BCUT2D eigenvalue weighted by Crippen LogP contribution is -2.41. The minimum Gasteiger partial charge on any atom is -0.449 e. The molecule has 3 fully saturated rings. The summed E-state index contributed by atoms with van der Waals surface area (Å²) < 4.78 is 23.6. The van der Waals surface area contributed by atoms with Crippen LogP contribution < -0.4 is 5.32 Å². The maximum atomic E-state index is 12.4. The highest BCUT2D eigenvalue weighted by atomic mass is 16.6. The smallest absolute Gasteiger partial charge is 0.409 e. The van der Waals surface area contributed by atoms with Crippen molar-refractivity contribution >= 4 is 12.0 Å². The molecule has 43 heavy (non-hydrogen) atoms. The topological polar surface area (TPSA) is 89.6 Å². The molecule has 8 nitrogen and oxygen atoms in total. The van der Waals surface area contributed by atoms with Gasteiger partial charge in [0, 0.05) is 39.1 Å². The fourth-order valence-electron chi connectivity index (χ4n) is 6.98. The molecule has 1 N–H and O–H groups in total. The Morgan fingerprint density at radius 1 is 1.14 bits per heavy atom. The van der Waals surface area contributed by atoms with Crippen LogP contribution in [0.1, 0.15) is 106 Å². The molecule has 3 saturated heterocycles. The summed E-state index contributed by atoms with van der Waals surface area (Å²) in [6.45, 7) is 15.9. The number of rotatable bonds is 17. The predicted octanol–water partition coefficient (Wildman–Crippen LogP) is 6.83. The van der Waals surface area contributed by atoms with Gasteiger partial charge in [0.25, 0.3) is 0 Å². The Bertz CT molecular complexity index is 927. The van der Waals surface area contributed by atoms with E-state index >= 15 is 0 Å². The van der Waals surface area contributed by atoms with Gasteiger partial charge in [0.05, 0.1) is 36.6 Å². The van der Waals surface area contributed by atoms with Crippen LogP contribution in [-0.4, -0.2) is 80.3 Å². The maximum absolute atomic E-state index is 12.4. The minimum atomic E-state index is -0.198. The molecule has 3 heterocycles. The number of nitrogens with one attached hydrogen (secondary N) is 1. The van der Waals surface area contributed by atoms with Crippen LogP contribution in [0.4, 0.5) is 4.79 Å². The van der Waals surface area contributed by atoms with Crippen LogP contribution in [0.3, 0.4) is 0 Å². The highest BCUT2D eigenvalue weighted by molar-refractivity contribution is 5.75. The third kappa shape index (κ3) is 11.2. The van der Waals surface area contributed by atoms with Crippen molar-refractivity contribution in [1.29, 1.82) is 0 Å². The Balaban J connectivity index is 1.32. The number of unbranched alkanes of at least 4 members (excludes halogenated alkanes) is 2. The number of epoxide rings is 1. The summed E-state index contributed by atoms with van der Waals surface area (Å²) in [5.41, 5.74) is 1.15. The van der Waals surface area contributed by atoms with Crippen LogP contribution in [0.5, 0.6) is 0 Å². The van der Waals surface area contributed by atoms with Gasteiger partial charge in [0.15, 0.2) is 0 Å². The molecule has 0 bridgehead atoms. The van der Waals surface area contributed by atoms with Crippen molar-refractivity contribution in [2.75, 3.05) is 33.4 Å². The molecule has 0 aromatic rings. The quantitative estimate of drug-likeness (QED) is 0.111. The van der Waals surface area contributed by atoms with Crippen molar-refractivity contribution in [2.24, 2.45) is 17.8 Å². The fourth-order valence-corrected chi connectivity index (χ4v) is 6.98. The zero-order chi connectivity index (χ0) is 31.4. The van der Waals surface area contributed by atoms with E-state index in [9.17, 15) is 9.59 Å². The normalized spacial score (nSPS) is 29.8. The second kappa shape index (κ2) is 17.6. The molecule has 0 unspecified atom stereocenters. The van der Waals surface area contributed by atoms with E-state index in [0.717, 1.165) is 70.9 Å². The standard InChI is InChI=1S/C35H60N2O6/c1-8-30(40-7)28(5)33-35(6,43-33)23-25(2)15-14-16-26(3)32-27(4)18-19-29(42-32)24-36-31(38)17-10-9-13-22-41-34(39)37-20-11-12-21-37/h14-16,25,27-30,32-33H,8-13,17-24H2,1-7H3,(H,36,38)/b15-14+,26-16+/t25-,27+,28-,29-,30+,32-,33-,35-/m1/s1. The molecule has 0 aliphatic carbocycles.